The number of carboxylic acid groups (broad SMARTS) is 4. The van der Waals surface area contributed by atoms with Crippen LogP contribution < -0.4 is 0 Å². The van der Waals surface area contributed by atoms with Crippen LogP contribution in [0, 0.1) is 0 Å². The summed E-state index contributed by atoms with van der Waals surface area (Å²) in [4.78, 5) is 142. The van der Waals surface area contributed by atoms with E-state index in [1.807, 2.05) is 27.7 Å². The molecule has 4 aromatic carbocycles. The molecule has 6 N–H and O–H groups in total. The highest BCUT2D eigenvalue weighted by molar-refractivity contribution is 6.15. The minimum absolute atomic E-state index is 0.00257. The quantitative estimate of drug-likeness (QED) is 0.0235. The second-order valence-corrected chi connectivity index (χ2v) is 18.6. The number of aromatic nitrogens is 8. The van der Waals surface area contributed by atoms with Crippen LogP contribution >= 0.6 is 0 Å². The highest BCUT2D eigenvalue weighted by Crippen LogP contribution is 2.40. The number of carbonyl (C=O) groups is 8. The summed E-state index contributed by atoms with van der Waals surface area (Å²) in [6.07, 6.45) is 4.51. The Morgan fingerprint density at radius 3 is 0.787 bits per heavy atom. The van der Waals surface area contributed by atoms with Crippen LogP contribution in [-0.2, 0) is 18.9 Å². The SMILES string of the molecule is CCCCOC(=O)c1cc2c(cc1C(=O)O)-c1nc-2nc2[nH]c(nc3nc(nc4[nH]c(n1)c1cc(C(=O)OCCCC)c(C(=O)O)cc41)-c1cc(C(=O)OCCCC)c(C(=O)O)cc1-3)c1cc(C(=O)OCCCC)c(C(=O)O)cc21. The Morgan fingerprint density at radius 1 is 0.338 bits per heavy atom. The molecule has 410 valence electrons. The summed E-state index contributed by atoms with van der Waals surface area (Å²) in [7, 11) is 0. The molecule has 0 amide bonds. The number of carboxylic acids is 4. The second-order valence-electron chi connectivity index (χ2n) is 18.6. The smallest absolute Gasteiger partial charge is 0.339 e. The zero-order valence-electron chi connectivity index (χ0n) is 43.5. The number of ether oxygens (including phenoxy) is 4. The number of nitrogens with zero attached hydrogens (tertiary/aromatic N) is 6. The standard InChI is InChI=1S/C56H50N8O16/c1-5-9-13-77-53(73)37-21-29-25(17-33(37)49(65)66)41-57-45(29)61-42-26-18-34(50(67)68)38(54(74)78-14-10-6-2)22-30(26)47(58-42)63-44-28-20-36(52(71)72)40(56(76)80-16-12-8-4)24-32(28)48(60-44)64-43-27-19-35(51(69)70)39(55(75)79-15-11-7-3)23-31(27)46(59-43)62-41/h17-24H,5-16H2,1-4H3,(H,65,66)(H,67,68)(H,69,70)(H,71,72)(H2,57,58,59,60,61,62,63,64). The number of hydrogen-bond acceptors (Lipinski definition) is 18. The van der Waals surface area contributed by atoms with Gasteiger partial charge in [0.2, 0.25) is 0 Å². The molecular weight excluding hydrogens is 1040 g/mol. The van der Waals surface area contributed by atoms with Crippen LogP contribution in [0.2, 0.25) is 0 Å². The zero-order chi connectivity index (χ0) is 57.1. The molecule has 0 unspecified atom stereocenters. The number of fused-ring (bicyclic) bond motifs is 20. The van der Waals surface area contributed by atoms with E-state index in [0.29, 0.717) is 51.4 Å². The molecule has 7 aromatic rings. The Balaban J connectivity index is 1.46. The first-order chi connectivity index (χ1) is 38.5. The van der Waals surface area contributed by atoms with E-state index in [4.69, 9.17) is 48.9 Å². The molecule has 24 heteroatoms. The minimum atomic E-state index is -1.52. The normalized spacial score (nSPS) is 11.4. The van der Waals surface area contributed by atoms with Crippen molar-refractivity contribution in [2.24, 2.45) is 0 Å². The van der Waals surface area contributed by atoms with Gasteiger partial charge in [0.15, 0.2) is 23.3 Å². The van der Waals surface area contributed by atoms with Gasteiger partial charge >= 0.3 is 47.8 Å². The number of aromatic amines is 2. The molecule has 5 heterocycles. The van der Waals surface area contributed by atoms with Crippen molar-refractivity contribution in [2.45, 2.75) is 79.1 Å². The van der Waals surface area contributed by atoms with Gasteiger partial charge in [-0.3, -0.25) is 0 Å². The maximum absolute atomic E-state index is 13.7. The van der Waals surface area contributed by atoms with Gasteiger partial charge in [-0.2, -0.15) is 0 Å². The van der Waals surface area contributed by atoms with Gasteiger partial charge in [-0.25, -0.2) is 68.3 Å². The molecule has 0 radical (unpaired) electrons. The summed E-state index contributed by atoms with van der Waals surface area (Å²) in [5.41, 5.74) is -4.01. The summed E-state index contributed by atoms with van der Waals surface area (Å²) in [5, 5.41) is 42.4. The number of unbranched alkanes of at least 4 members (excludes halogenated alkanes) is 4. The first-order valence-corrected chi connectivity index (χ1v) is 25.6. The first-order valence-electron chi connectivity index (χ1n) is 25.6. The Hall–Kier alpha value is -10.0. The third-order valence-electron chi connectivity index (χ3n) is 13.1. The maximum Gasteiger partial charge on any atom is 0.339 e. The van der Waals surface area contributed by atoms with Crippen molar-refractivity contribution in [3.63, 3.8) is 0 Å². The minimum Gasteiger partial charge on any atom is -0.478 e. The largest absolute Gasteiger partial charge is 0.478 e. The fourth-order valence-corrected chi connectivity index (χ4v) is 8.91. The number of nitrogens with one attached hydrogen (secondary N) is 2. The molecule has 2 aliphatic rings. The molecule has 0 spiro atoms. The lowest BCUT2D eigenvalue weighted by Crippen LogP contribution is -2.13. The van der Waals surface area contributed by atoms with Crippen molar-refractivity contribution in [2.75, 3.05) is 26.4 Å². The van der Waals surface area contributed by atoms with E-state index in [9.17, 15) is 58.8 Å². The molecule has 8 bridgehead atoms. The molecule has 80 heavy (non-hydrogen) atoms. The molecule has 0 saturated heterocycles. The number of hydrogen-bond donors (Lipinski definition) is 6. The fraction of sp³-hybridized carbons (Fsp3) is 0.286. The number of H-pyrrole nitrogens is 2. The van der Waals surface area contributed by atoms with Gasteiger partial charge in [0.1, 0.15) is 22.6 Å². The van der Waals surface area contributed by atoms with E-state index < -0.39 is 70.0 Å². The maximum atomic E-state index is 13.7. The van der Waals surface area contributed by atoms with Crippen molar-refractivity contribution < 1.29 is 77.7 Å². The van der Waals surface area contributed by atoms with E-state index in [0.717, 1.165) is 24.3 Å². The van der Waals surface area contributed by atoms with Crippen LogP contribution in [0.3, 0.4) is 0 Å². The van der Waals surface area contributed by atoms with Gasteiger partial charge in [-0.1, -0.05) is 53.4 Å². The molecule has 24 nitrogen and oxygen atoms in total. The zero-order valence-corrected chi connectivity index (χ0v) is 43.5. The number of benzene rings is 4. The van der Waals surface area contributed by atoms with Gasteiger partial charge in [0, 0.05) is 43.8 Å². The molecule has 0 fully saturated rings. The molecule has 2 aliphatic heterocycles. The van der Waals surface area contributed by atoms with Gasteiger partial charge in [-0.05, 0) is 74.2 Å². The fourth-order valence-electron chi connectivity index (χ4n) is 8.91. The van der Waals surface area contributed by atoms with Crippen molar-refractivity contribution in [3.8, 4) is 45.6 Å². The summed E-state index contributed by atoms with van der Waals surface area (Å²) in [6.45, 7) is 7.35. The van der Waals surface area contributed by atoms with E-state index in [-0.39, 0.29) is 138 Å². The van der Waals surface area contributed by atoms with Crippen molar-refractivity contribution in [1.82, 2.24) is 39.9 Å². The first kappa shape index (κ1) is 54.8. The molecule has 0 atom stereocenters. The molecule has 0 aliphatic carbocycles. The average Bonchev–Trinajstić information content (AvgIpc) is 4.33. The van der Waals surface area contributed by atoms with Gasteiger partial charge < -0.3 is 49.3 Å². The average molecular weight is 1090 g/mol. The topological polar surface area (TPSA) is 363 Å². The van der Waals surface area contributed by atoms with E-state index >= 15 is 0 Å². The summed E-state index contributed by atoms with van der Waals surface area (Å²) < 4.78 is 21.9. The third kappa shape index (κ3) is 10.6. The lowest BCUT2D eigenvalue weighted by molar-refractivity contribution is 0.0484. The monoisotopic (exact) mass is 1090 g/mol. The molecule has 0 saturated carbocycles. The van der Waals surface area contributed by atoms with Crippen LogP contribution in [0.25, 0.3) is 89.7 Å². The van der Waals surface area contributed by atoms with Gasteiger partial charge in [0.25, 0.3) is 0 Å². The van der Waals surface area contributed by atoms with Crippen molar-refractivity contribution in [3.05, 3.63) is 93.0 Å². The Kier molecular flexibility index (Phi) is 15.7. The van der Waals surface area contributed by atoms with Crippen LogP contribution in [0.15, 0.2) is 48.5 Å². The van der Waals surface area contributed by atoms with Gasteiger partial charge in [0.05, 0.1) is 70.9 Å². The predicted octanol–water partition coefficient (Wildman–Crippen LogP) is 9.49. The number of esters is 4. The van der Waals surface area contributed by atoms with Crippen molar-refractivity contribution >= 4 is 91.9 Å². The van der Waals surface area contributed by atoms with Crippen LogP contribution in [-0.4, -0.2) is 134 Å². The Morgan fingerprint density at radius 2 is 0.550 bits per heavy atom. The highest BCUT2D eigenvalue weighted by Gasteiger charge is 2.32. The van der Waals surface area contributed by atoms with E-state index in [1.165, 1.54) is 24.3 Å². The lowest BCUT2D eigenvalue weighted by atomic mass is 9.98. The Labute approximate surface area is 452 Å². The lowest BCUT2D eigenvalue weighted by Gasteiger charge is -2.09. The number of rotatable bonds is 20. The Bertz CT molecular complexity index is 3720. The summed E-state index contributed by atoms with van der Waals surface area (Å²) in [5.74, 6) is -10.9. The van der Waals surface area contributed by atoms with E-state index in [1.54, 1.807) is 0 Å². The van der Waals surface area contributed by atoms with Crippen LogP contribution in [0.4, 0.5) is 0 Å². The predicted molar refractivity (Wildman–Crippen MR) is 285 cm³/mol. The summed E-state index contributed by atoms with van der Waals surface area (Å²) >= 11 is 0. The van der Waals surface area contributed by atoms with Crippen molar-refractivity contribution in [1.29, 1.82) is 0 Å². The number of carbonyl (C=O) groups excluding carboxylic acids is 4. The highest BCUT2D eigenvalue weighted by atomic mass is 16.5. The van der Waals surface area contributed by atoms with E-state index in [2.05, 4.69) is 9.97 Å². The molecule has 3 aromatic heterocycles. The van der Waals surface area contributed by atoms with Gasteiger partial charge in [-0.15, -0.1) is 0 Å². The molecular formula is C56H50N8O16. The molecule has 9 rings (SSSR count). The summed E-state index contributed by atoms with van der Waals surface area (Å²) in [6, 6.07) is 9.47. The third-order valence-corrected chi connectivity index (χ3v) is 13.1. The second kappa shape index (κ2) is 22.9. The van der Waals surface area contributed by atoms with Crippen LogP contribution in [0.1, 0.15) is 162 Å². The number of aromatic carboxylic acids is 4. The van der Waals surface area contributed by atoms with Crippen LogP contribution in [0.5, 0.6) is 0 Å².